The molecule has 34 heavy (non-hydrogen) atoms. The van der Waals surface area contributed by atoms with Gasteiger partial charge in [0, 0.05) is 0 Å². The molecule has 0 bridgehead atoms. The number of unbranched alkanes of at least 4 members (excludes halogenated alkanes) is 2. The van der Waals surface area contributed by atoms with Crippen molar-refractivity contribution in [3.05, 3.63) is 93.3 Å². The maximum Gasteiger partial charge on any atom is 0.169 e. The van der Waals surface area contributed by atoms with E-state index in [-0.39, 0.29) is 47.1 Å². The Bertz CT molecular complexity index is 1230. The van der Waals surface area contributed by atoms with E-state index in [4.69, 9.17) is 0 Å². The van der Waals surface area contributed by atoms with Gasteiger partial charge in [0.2, 0.25) is 0 Å². The van der Waals surface area contributed by atoms with Crippen molar-refractivity contribution in [1.29, 1.82) is 0 Å². The molecular formula is C27H23F7. The van der Waals surface area contributed by atoms with Crippen molar-refractivity contribution in [3.63, 3.8) is 0 Å². The van der Waals surface area contributed by atoms with Crippen molar-refractivity contribution in [1.82, 2.24) is 0 Å². The third-order valence-corrected chi connectivity index (χ3v) is 6.61. The summed E-state index contributed by atoms with van der Waals surface area (Å²) < 4.78 is 101. The number of hydrogen-bond donors (Lipinski definition) is 0. The highest BCUT2D eigenvalue weighted by molar-refractivity contribution is 5.67. The van der Waals surface area contributed by atoms with Crippen molar-refractivity contribution in [2.45, 2.75) is 57.8 Å². The van der Waals surface area contributed by atoms with Crippen molar-refractivity contribution in [3.8, 4) is 11.1 Å². The van der Waals surface area contributed by atoms with Crippen LogP contribution in [0.3, 0.4) is 0 Å². The maximum atomic E-state index is 15.2. The predicted octanol–water partition coefficient (Wildman–Crippen LogP) is 8.33. The van der Waals surface area contributed by atoms with E-state index in [0.717, 1.165) is 25.3 Å². The molecule has 7 heteroatoms. The molecule has 1 aliphatic carbocycles. The van der Waals surface area contributed by atoms with E-state index in [1.165, 1.54) is 12.1 Å². The third kappa shape index (κ3) is 4.32. The quantitative estimate of drug-likeness (QED) is 0.189. The van der Waals surface area contributed by atoms with Gasteiger partial charge in [-0.15, -0.1) is 0 Å². The molecule has 3 aromatic carbocycles. The molecule has 0 spiro atoms. The SMILES string of the molecule is CCCCCc1ccc(C2CCc3c(F)c(-c4ccc(F)c(F)c4)c(F)c(F)c3C2)c(F)c1F. The number of benzene rings is 3. The Morgan fingerprint density at radius 2 is 1.50 bits per heavy atom. The lowest BCUT2D eigenvalue weighted by Gasteiger charge is -2.27. The number of halogens is 7. The molecule has 4 rings (SSSR count). The van der Waals surface area contributed by atoms with Crippen LogP contribution >= 0.6 is 0 Å². The first-order chi connectivity index (χ1) is 16.2. The fourth-order valence-electron chi connectivity index (χ4n) is 4.74. The summed E-state index contributed by atoms with van der Waals surface area (Å²) in [5.74, 6) is -9.03. The van der Waals surface area contributed by atoms with Crippen LogP contribution in [0.1, 0.15) is 60.8 Å². The van der Waals surface area contributed by atoms with Crippen molar-refractivity contribution < 1.29 is 30.7 Å². The van der Waals surface area contributed by atoms with Crippen LogP contribution in [-0.2, 0) is 19.3 Å². The molecule has 1 unspecified atom stereocenters. The minimum Gasteiger partial charge on any atom is -0.206 e. The lowest BCUT2D eigenvalue weighted by molar-refractivity contribution is 0.441. The van der Waals surface area contributed by atoms with Gasteiger partial charge >= 0.3 is 0 Å². The predicted molar refractivity (Wildman–Crippen MR) is 116 cm³/mol. The third-order valence-electron chi connectivity index (χ3n) is 6.61. The van der Waals surface area contributed by atoms with Crippen LogP contribution in [0.15, 0.2) is 30.3 Å². The molecule has 1 atom stereocenters. The first-order valence-electron chi connectivity index (χ1n) is 11.3. The first-order valence-corrected chi connectivity index (χ1v) is 11.3. The molecular weight excluding hydrogens is 457 g/mol. The fourth-order valence-corrected chi connectivity index (χ4v) is 4.74. The lowest BCUT2D eigenvalue weighted by atomic mass is 9.78. The van der Waals surface area contributed by atoms with Gasteiger partial charge in [0.15, 0.2) is 34.9 Å². The molecule has 0 saturated heterocycles. The molecule has 0 N–H and O–H groups in total. The molecule has 0 radical (unpaired) electrons. The molecule has 0 aromatic heterocycles. The number of aryl methyl sites for hydroxylation is 1. The molecule has 0 amide bonds. The van der Waals surface area contributed by atoms with Crippen LogP contribution in [-0.4, -0.2) is 0 Å². The highest BCUT2D eigenvalue weighted by atomic mass is 19.2. The maximum absolute atomic E-state index is 15.2. The summed E-state index contributed by atoms with van der Waals surface area (Å²) in [6.07, 6.45) is 2.91. The summed E-state index contributed by atoms with van der Waals surface area (Å²) in [7, 11) is 0. The minimum atomic E-state index is -1.53. The van der Waals surface area contributed by atoms with Gasteiger partial charge in [-0.1, -0.05) is 38.0 Å². The van der Waals surface area contributed by atoms with E-state index in [2.05, 4.69) is 0 Å². The smallest absolute Gasteiger partial charge is 0.169 e. The van der Waals surface area contributed by atoms with Gasteiger partial charge < -0.3 is 0 Å². The molecule has 0 saturated carbocycles. The summed E-state index contributed by atoms with van der Waals surface area (Å²) in [5.41, 5.74) is -1.12. The monoisotopic (exact) mass is 480 g/mol. The molecule has 3 aromatic rings. The molecule has 0 aliphatic heterocycles. The van der Waals surface area contributed by atoms with Gasteiger partial charge in [0.25, 0.3) is 0 Å². The number of hydrogen-bond acceptors (Lipinski definition) is 0. The van der Waals surface area contributed by atoms with Gasteiger partial charge in [-0.3, -0.25) is 0 Å². The van der Waals surface area contributed by atoms with Crippen LogP contribution in [0.25, 0.3) is 11.1 Å². The molecule has 0 heterocycles. The minimum absolute atomic E-state index is 0.0426. The summed E-state index contributed by atoms with van der Waals surface area (Å²) in [6.45, 7) is 2.01. The van der Waals surface area contributed by atoms with E-state index >= 15 is 8.78 Å². The van der Waals surface area contributed by atoms with Crippen molar-refractivity contribution >= 4 is 0 Å². The van der Waals surface area contributed by atoms with Gasteiger partial charge in [0.1, 0.15) is 5.82 Å². The van der Waals surface area contributed by atoms with Gasteiger partial charge in [-0.05, 0) is 78.0 Å². The standard InChI is InChI=1S/C27H23F7/c1-2-3-4-5-14-6-9-17(25(32)23(14)30)15-7-10-18-19(12-15)26(33)27(34)22(24(18)31)16-8-11-20(28)21(29)13-16/h6,8-9,11,13,15H,2-5,7,10,12H2,1H3. The fraction of sp³-hybridized carbons (Fsp3) is 0.333. The summed E-state index contributed by atoms with van der Waals surface area (Å²) >= 11 is 0. The topological polar surface area (TPSA) is 0 Å². The summed E-state index contributed by atoms with van der Waals surface area (Å²) in [4.78, 5) is 0. The highest BCUT2D eigenvalue weighted by Gasteiger charge is 2.32. The molecule has 0 fully saturated rings. The Labute approximate surface area is 193 Å². The van der Waals surface area contributed by atoms with Crippen molar-refractivity contribution in [2.24, 2.45) is 0 Å². The van der Waals surface area contributed by atoms with Crippen LogP contribution in [0.5, 0.6) is 0 Å². The van der Waals surface area contributed by atoms with E-state index in [0.29, 0.717) is 18.6 Å². The largest absolute Gasteiger partial charge is 0.206 e. The second kappa shape index (κ2) is 9.80. The zero-order chi connectivity index (χ0) is 24.6. The lowest BCUT2D eigenvalue weighted by Crippen LogP contribution is -2.19. The Morgan fingerprint density at radius 1 is 0.735 bits per heavy atom. The zero-order valence-electron chi connectivity index (χ0n) is 18.6. The Balaban J connectivity index is 1.68. The van der Waals surface area contributed by atoms with Gasteiger partial charge in [0.05, 0.1) is 5.56 Å². The second-order valence-electron chi connectivity index (χ2n) is 8.74. The Morgan fingerprint density at radius 3 is 2.21 bits per heavy atom. The summed E-state index contributed by atoms with van der Waals surface area (Å²) in [5, 5.41) is 0. The van der Waals surface area contributed by atoms with E-state index < -0.39 is 52.2 Å². The average Bonchev–Trinajstić information content (AvgIpc) is 2.82. The van der Waals surface area contributed by atoms with E-state index in [1.54, 1.807) is 0 Å². The van der Waals surface area contributed by atoms with E-state index in [9.17, 15) is 22.0 Å². The Kier molecular flexibility index (Phi) is 7.01. The van der Waals surface area contributed by atoms with Crippen LogP contribution in [0, 0.1) is 40.7 Å². The normalized spacial score (nSPS) is 15.5. The summed E-state index contributed by atoms with van der Waals surface area (Å²) in [6, 6.07) is 5.27. The molecule has 0 nitrogen and oxygen atoms in total. The number of rotatable bonds is 6. The van der Waals surface area contributed by atoms with E-state index in [1.807, 2.05) is 6.92 Å². The Hall–Kier alpha value is -2.83. The molecule has 180 valence electrons. The highest BCUT2D eigenvalue weighted by Crippen LogP contribution is 2.41. The van der Waals surface area contributed by atoms with Gasteiger partial charge in [-0.2, -0.15) is 0 Å². The van der Waals surface area contributed by atoms with Crippen LogP contribution in [0.4, 0.5) is 30.7 Å². The van der Waals surface area contributed by atoms with Crippen LogP contribution < -0.4 is 0 Å². The van der Waals surface area contributed by atoms with Gasteiger partial charge in [-0.25, -0.2) is 30.7 Å². The second-order valence-corrected chi connectivity index (χ2v) is 8.74. The zero-order valence-corrected chi connectivity index (χ0v) is 18.6. The van der Waals surface area contributed by atoms with Crippen LogP contribution in [0.2, 0.25) is 0 Å². The van der Waals surface area contributed by atoms with Crippen molar-refractivity contribution in [2.75, 3.05) is 0 Å². The number of fused-ring (bicyclic) bond motifs is 1. The average molecular weight is 480 g/mol. The molecule has 1 aliphatic rings. The first kappa shape index (κ1) is 24.3.